The van der Waals surface area contributed by atoms with Gasteiger partial charge in [0, 0.05) is 45.3 Å². The molecule has 25 heavy (non-hydrogen) atoms. The van der Waals surface area contributed by atoms with Gasteiger partial charge in [-0.1, -0.05) is 30.3 Å². The van der Waals surface area contributed by atoms with E-state index in [2.05, 4.69) is 57.8 Å². The number of rotatable bonds is 8. The van der Waals surface area contributed by atoms with E-state index >= 15 is 0 Å². The molecule has 6 heteroatoms. The number of piperazine rings is 1. The fraction of sp³-hybridized carbons (Fsp3) is 0.632. The topological polar surface area (TPSA) is 67.8 Å². The van der Waals surface area contributed by atoms with Crippen molar-refractivity contribution in [2.75, 3.05) is 46.3 Å². The summed E-state index contributed by atoms with van der Waals surface area (Å²) in [4.78, 5) is 16.6. The number of carbonyl (C=O) groups excluding carboxylic acids is 1. The van der Waals surface area contributed by atoms with Crippen LogP contribution in [0.2, 0.25) is 0 Å². The molecule has 0 spiro atoms. The number of aliphatic hydroxyl groups is 1. The van der Waals surface area contributed by atoms with Crippen molar-refractivity contribution in [2.45, 2.75) is 31.9 Å². The molecule has 2 atom stereocenters. The number of hydrogen-bond donors (Lipinski definition) is 3. The summed E-state index contributed by atoms with van der Waals surface area (Å²) in [6.07, 6.45) is 1.12. The van der Waals surface area contributed by atoms with Gasteiger partial charge in [0.25, 0.3) is 0 Å². The lowest BCUT2D eigenvalue weighted by Gasteiger charge is -2.40. The highest BCUT2D eigenvalue weighted by Gasteiger charge is 2.25. The van der Waals surface area contributed by atoms with Crippen LogP contribution in [0.25, 0.3) is 0 Å². The van der Waals surface area contributed by atoms with E-state index in [1.165, 1.54) is 5.56 Å². The predicted molar refractivity (Wildman–Crippen MR) is 101 cm³/mol. The molecule has 0 bridgehead atoms. The maximum absolute atomic E-state index is 11.7. The van der Waals surface area contributed by atoms with Crippen molar-refractivity contribution in [1.82, 2.24) is 20.4 Å². The zero-order chi connectivity index (χ0) is 18.1. The molecule has 2 unspecified atom stereocenters. The first kappa shape index (κ1) is 19.7. The molecule has 1 aromatic carbocycles. The zero-order valence-electron chi connectivity index (χ0n) is 15.4. The number of carbonyl (C=O) groups is 1. The smallest absolute Gasteiger partial charge is 0.314 e. The van der Waals surface area contributed by atoms with Gasteiger partial charge in [0.05, 0.1) is 6.10 Å². The van der Waals surface area contributed by atoms with Crippen LogP contribution in [0, 0.1) is 0 Å². The second-order valence-electron chi connectivity index (χ2n) is 6.90. The molecular formula is C19H32N4O2. The van der Waals surface area contributed by atoms with E-state index in [4.69, 9.17) is 0 Å². The first-order valence-electron chi connectivity index (χ1n) is 9.23. The number of nitrogens with zero attached hydrogens (tertiary/aromatic N) is 2. The largest absolute Gasteiger partial charge is 0.393 e. The van der Waals surface area contributed by atoms with Gasteiger partial charge in [0.1, 0.15) is 0 Å². The standard InChI is InChI=1S/C19H32N4O2/c1-16(24)9-11-21-19(25)20-10-6-12-23-14-13-22(2)15-18(23)17-7-4-3-5-8-17/h3-5,7-8,16,18,24H,6,9-15H2,1-2H3,(H2,20,21,25). The van der Waals surface area contributed by atoms with Crippen molar-refractivity contribution in [3.63, 3.8) is 0 Å². The molecule has 3 N–H and O–H groups in total. The molecule has 0 radical (unpaired) electrons. The number of urea groups is 1. The van der Waals surface area contributed by atoms with Crippen LogP contribution in [-0.4, -0.2) is 73.4 Å². The van der Waals surface area contributed by atoms with Gasteiger partial charge >= 0.3 is 6.03 Å². The highest BCUT2D eigenvalue weighted by atomic mass is 16.3. The summed E-state index contributed by atoms with van der Waals surface area (Å²) in [6.45, 7) is 7.02. The van der Waals surface area contributed by atoms with Crippen LogP contribution in [0.5, 0.6) is 0 Å². The van der Waals surface area contributed by atoms with Gasteiger partial charge in [-0.2, -0.15) is 0 Å². The predicted octanol–water partition coefficient (Wildman–Crippen LogP) is 1.44. The summed E-state index contributed by atoms with van der Waals surface area (Å²) in [5.41, 5.74) is 1.36. The molecule has 0 aromatic heterocycles. The first-order chi connectivity index (χ1) is 12.1. The Morgan fingerprint density at radius 3 is 2.68 bits per heavy atom. The third-order valence-corrected chi connectivity index (χ3v) is 4.63. The van der Waals surface area contributed by atoms with Crippen molar-refractivity contribution in [3.05, 3.63) is 35.9 Å². The minimum Gasteiger partial charge on any atom is -0.393 e. The molecule has 1 fully saturated rings. The third-order valence-electron chi connectivity index (χ3n) is 4.63. The number of likely N-dealkylation sites (N-methyl/N-ethyl adjacent to an activating group) is 1. The van der Waals surface area contributed by atoms with Crippen molar-refractivity contribution >= 4 is 6.03 Å². The Hall–Kier alpha value is -1.63. The molecule has 6 nitrogen and oxygen atoms in total. The Bertz CT molecular complexity index is 509. The van der Waals surface area contributed by atoms with Gasteiger partial charge in [-0.3, -0.25) is 4.90 Å². The van der Waals surface area contributed by atoms with Crippen molar-refractivity contribution < 1.29 is 9.90 Å². The fourth-order valence-electron chi connectivity index (χ4n) is 3.16. The van der Waals surface area contributed by atoms with Gasteiger partial charge in [0.2, 0.25) is 0 Å². The molecule has 1 aliphatic rings. The SMILES string of the molecule is CC(O)CCNC(=O)NCCCN1CCN(C)CC1c1ccccc1. The lowest BCUT2D eigenvalue weighted by atomic mass is 10.0. The Labute approximate surface area is 151 Å². The third kappa shape index (κ3) is 7.02. The summed E-state index contributed by atoms with van der Waals surface area (Å²) in [7, 11) is 2.17. The van der Waals surface area contributed by atoms with Crippen molar-refractivity contribution in [1.29, 1.82) is 0 Å². The second-order valence-corrected chi connectivity index (χ2v) is 6.90. The Morgan fingerprint density at radius 2 is 1.96 bits per heavy atom. The quantitative estimate of drug-likeness (QED) is 0.622. The fourth-order valence-corrected chi connectivity index (χ4v) is 3.16. The molecule has 2 rings (SSSR count). The van der Waals surface area contributed by atoms with Crippen LogP contribution in [0.4, 0.5) is 4.79 Å². The number of amides is 2. The van der Waals surface area contributed by atoms with Crippen molar-refractivity contribution in [3.8, 4) is 0 Å². The van der Waals surface area contributed by atoms with E-state index in [9.17, 15) is 9.90 Å². The van der Waals surface area contributed by atoms with Gasteiger partial charge in [-0.25, -0.2) is 4.79 Å². The Balaban J connectivity index is 1.72. The van der Waals surface area contributed by atoms with Gasteiger partial charge in [-0.15, -0.1) is 0 Å². The van der Waals surface area contributed by atoms with E-state index in [0.29, 0.717) is 25.6 Å². The highest BCUT2D eigenvalue weighted by Crippen LogP contribution is 2.24. The average Bonchev–Trinajstić information content (AvgIpc) is 2.60. The summed E-state index contributed by atoms with van der Waals surface area (Å²) in [5, 5.41) is 14.8. The minimum atomic E-state index is -0.382. The van der Waals surface area contributed by atoms with Crippen LogP contribution in [0.15, 0.2) is 30.3 Å². The summed E-state index contributed by atoms with van der Waals surface area (Å²) in [6, 6.07) is 10.9. The lowest BCUT2D eigenvalue weighted by Crippen LogP contribution is -2.47. The monoisotopic (exact) mass is 348 g/mol. The van der Waals surface area contributed by atoms with Crippen molar-refractivity contribution in [2.24, 2.45) is 0 Å². The van der Waals surface area contributed by atoms with Crippen LogP contribution >= 0.6 is 0 Å². The Morgan fingerprint density at radius 1 is 1.24 bits per heavy atom. The molecule has 1 aliphatic heterocycles. The summed E-state index contributed by atoms with van der Waals surface area (Å²) >= 11 is 0. The summed E-state index contributed by atoms with van der Waals surface area (Å²) < 4.78 is 0. The lowest BCUT2D eigenvalue weighted by molar-refractivity contribution is 0.0889. The number of hydrogen-bond acceptors (Lipinski definition) is 4. The number of benzene rings is 1. The van der Waals surface area contributed by atoms with Gasteiger partial charge in [0.15, 0.2) is 0 Å². The number of aliphatic hydroxyl groups excluding tert-OH is 1. The zero-order valence-corrected chi connectivity index (χ0v) is 15.4. The van der Waals surface area contributed by atoms with Gasteiger partial charge in [-0.05, 0) is 32.4 Å². The van der Waals surface area contributed by atoms with Gasteiger partial charge < -0.3 is 20.6 Å². The summed E-state index contributed by atoms with van der Waals surface area (Å²) in [5.74, 6) is 0. The normalized spacial score (nSPS) is 20.2. The van der Waals surface area contributed by atoms with Crippen LogP contribution < -0.4 is 10.6 Å². The molecule has 1 saturated heterocycles. The van der Waals surface area contributed by atoms with E-state index in [0.717, 1.165) is 32.6 Å². The second kappa shape index (κ2) is 10.4. The number of nitrogens with one attached hydrogen (secondary N) is 2. The van der Waals surface area contributed by atoms with Crippen LogP contribution in [0.1, 0.15) is 31.4 Å². The maximum Gasteiger partial charge on any atom is 0.314 e. The molecule has 2 amide bonds. The highest BCUT2D eigenvalue weighted by molar-refractivity contribution is 5.73. The molecule has 1 heterocycles. The average molecular weight is 348 g/mol. The molecule has 1 aromatic rings. The van der Waals surface area contributed by atoms with Crippen LogP contribution in [0.3, 0.4) is 0 Å². The maximum atomic E-state index is 11.7. The van der Waals surface area contributed by atoms with E-state index in [-0.39, 0.29) is 12.1 Å². The first-order valence-corrected chi connectivity index (χ1v) is 9.23. The van der Waals surface area contributed by atoms with Crippen LogP contribution in [-0.2, 0) is 0 Å². The Kier molecular flexibility index (Phi) is 8.18. The molecular weight excluding hydrogens is 316 g/mol. The van der Waals surface area contributed by atoms with E-state index in [1.54, 1.807) is 6.92 Å². The molecule has 0 saturated carbocycles. The molecule has 140 valence electrons. The van der Waals surface area contributed by atoms with E-state index < -0.39 is 0 Å². The van der Waals surface area contributed by atoms with E-state index in [1.807, 2.05) is 0 Å². The molecule has 0 aliphatic carbocycles. The minimum absolute atomic E-state index is 0.154.